The van der Waals surface area contributed by atoms with Crippen molar-refractivity contribution in [3.63, 3.8) is 0 Å². The molecule has 0 aromatic carbocycles. The van der Waals surface area contributed by atoms with Gasteiger partial charge in [-0.1, -0.05) is 0 Å². The minimum atomic E-state index is 0.00936. The number of hydrogen-bond donors (Lipinski definition) is 0. The molecule has 0 saturated carbocycles. The van der Waals surface area contributed by atoms with Crippen LogP contribution in [0, 0.1) is 5.92 Å². The predicted octanol–water partition coefficient (Wildman–Crippen LogP) is 1.70. The molecule has 112 valence electrons. The molecule has 1 aromatic rings. The van der Waals surface area contributed by atoms with Crippen molar-refractivity contribution in [2.45, 2.75) is 26.4 Å². The number of ether oxygens (including phenoxy) is 1. The quantitative estimate of drug-likeness (QED) is 0.825. The molecule has 0 bridgehead atoms. The second-order valence-electron chi connectivity index (χ2n) is 5.65. The van der Waals surface area contributed by atoms with E-state index in [4.69, 9.17) is 16.3 Å². The number of rotatable bonds is 5. The number of hydrogen-bond acceptors (Lipinski definition) is 6. The van der Waals surface area contributed by atoms with Gasteiger partial charge in [0, 0.05) is 20.1 Å². The zero-order valence-electron chi connectivity index (χ0n) is 12.5. The Hall–Kier alpha value is -1.14. The maximum atomic E-state index is 5.94. The molecular weight excluding hydrogens is 278 g/mol. The average molecular weight is 300 g/mol. The van der Waals surface area contributed by atoms with Crippen molar-refractivity contribution in [1.82, 2.24) is 19.9 Å². The molecule has 7 heteroatoms. The van der Waals surface area contributed by atoms with Gasteiger partial charge in [-0.05, 0) is 51.4 Å². The third kappa shape index (κ3) is 4.18. The normalized spacial score (nSPS) is 19.6. The molecule has 1 aliphatic heterocycles. The van der Waals surface area contributed by atoms with Crippen LogP contribution in [-0.4, -0.2) is 59.7 Å². The van der Waals surface area contributed by atoms with Gasteiger partial charge in [-0.25, -0.2) is 0 Å². The van der Waals surface area contributed by atoms with Gasteiger partial charge in [0.1, 0.15) is 0 Å². The number of nitrogens with zero attached hydrogens (tertiary/aromatic N) is 5. The zero-order valence-corrected chi connectivity index (χ0v) is 13.3. The van der Waals surface area contributed by atoms with Crippen LogP contribution in [0.25, 0.3) is 0 Å². The Balaban J connectivity index is 2.04. The second-order valence-corrected chi connectivity index (χ2v) is 5.99. The van der Waals surface area contributed by atoms with Crippen molar-refractivity contribution in [1.29, 1.82) is 0 Å². The van der Waals surface area contributed by atoms with Crippen molar-refractivity contribution in [3.8, 4) is 6.01 Å². The maximum Gasteiger partial charge on any atom is 0.322 e. The Morgan fingerprint density at radius 2 is 2.15 bits per heavy atom. The third-order valence-corrected chi connectivity index (χ3v) is 3.45. The van der Waals surface area contributed by atoms with E-state index in [2.05, 4.69) is 26.9 Å². The van der Waals surface area contributed by atoms with E-state index in [1.807, 2.05) is 25.8 Å². The van der Waals surface area contributed by atoms with Gasteiger partial charge in [-0.15, -0.1) is 0 Å². The molecule has 1 fully saturated rings. The highest BCUT2D eigenvalue weighted by molar-refractivity contribution is 6.28. The molecule has 0 spiro atoms. The molecule has 1 aliphatic rings. The van der Waals surface area contributed by atoms with Crippen molar-refractivity contribution in [3.05, 3.63) is 5.28 Å². The summed E-state index contributed by atoms with van der Waals surface area (Å²) in [5, 5.41) is 0.168. The Morgan fingerprint density at radius 3 is 2.75 bits per heavy atom. The van der Waals surface area contributed by atoms with Gasteiger partial charge >= 0.3 is 6.01 Å². The summed E-state index contributed by atoms with van der Waals surface area (Å²) in [6.07, 6.45) is 1.21. The molecule has 1 aromatic heterocycles. The largest absolute Gasteiger partial charge is 0.461 e. The molecule has 0 N–H and O–H groups in total. The summed E-state index contributed by atoms with van der Waals surface area (Å²) in [5.41, 5.74) is 0. The number of aromatic nitrogens is 3. The van der Waals surface area contributed by atoms with E-state index >= 15 is 0 Å². The molecule has 1 unspecified atom stereocenters. The fraction of sp³-hybridized carbons (Fsp3) is 0.769. The summed E-state index contributed by atoms with van der Waals surface area (Å²) >= 11 is 5.94. The lowest BCUT2D eigenvalue weighted by atomic mass is 10.1. The Bertz CT molecular complexity index is 456. The Labute approximate surface area is 125 Å². The van der Waals surface area contributed by atoms with Crippen LogP contribution in [0.1, 0.15) is 20.3 Å². The highest BCUT2D eigenvalue weighted by Gasteiger charge is 2.22. The fourth-order valence-electron chi connectivity index (χ4n) is 2.40. The SMILES string of the molecule is CC(C)Oc1nc(Cl)nc(N(C)CC2CCN(C)C2)n1. The van der Waals surface area contributed by atoms with Gasteiger partial charge in [-0.2, -0.15) is 15.0 Å². The summed E-state index contributed by atoms with van der Waals surface area (Å²) in [6, 6.07) is 0.283. The maximum absolute atomic E-state index is 5.94. The zero-order chi connectivity index (χ0) is 14.7. The van der Waals surface area contributed by atoms with Crippen LogP contribution in [-0.2, 0) is 0 Å². The second kappa shape index (κ2) is 6.54. The van der Waals surface area contributed by atoms with Crippen LogP contribution in [0.4, 0.5) is 5.95 Å². The molecule has 2 rings (SSSR count). The van der Waals surface area contributed by atoms with E-state index in [1.165, 1.54) is 6.42 Å². The van der Waals surface area contributed by atoms with E-state index < -0.39 is 0 Å². The number of halogens is 1. The van der Waals surface area contributed by atoms with E-state index in [9.17, 15) is 0 Å². The van der Waals surface area contributed by atoms with Crippen molar-refractivity contribution >= 4 is 17.5 Å². The van der Waals surface area contributed by atoms with Crippen LogP contribution >= 0.6 is 11.6 Å². The van der Waals surface area contributed by atoms with Crippen LogP contribution < -0.4 is 9.64 Å². The smallest absolute Gasteiger partial charge is 0.322 e. The Morgan fingerprint density at radius 1 is 1.40 bits per heavy atom. The van der Waals surface area contributed by atoms with Crippen molar-refractivity contribution < 1.29 is 4.74 Å². The van der Waals surface area contributed by atoms with Crippen LogP contribution in [0.3, 0.4) is 0 Å². The molecule has 1 saturated heterocycles. The summed E-state index contributed by atoms with van der Waals surface area (Å²) in [7, 11) is 4.12. The summed E-state index contributed by atoms with van der Waals surface area (Å²) in [6.45, 7) is 7.02. The van der Waals surface area contributed by atoms with Gasteiger partial charge in [0.05, 0.1) is 6.10 Å². The molecule has 0 amide bonds. The van der Waals surface area contributed by atoms with Gasteiger partial charge in [-0.3, -0.25) is 0 Å². The predicted molar refractivity (Wildman–Crippen MR) is 79.5 cm³/mol. The highest BCUT2D eigenvalue weighted by Crippen LogP contribution is 2.19. The number of anilines is 1. The molecule has 0 radical (unpaired) electrons. The van der Waals surface area contributed by atoms with E-state index in [-0.39, 0.29) is 17.4 Å². The first-order valence-electron chi connectivity index (χ1n) is 6.92. The van der Waals surface area contributed by atoms with Crippen molar-refractivity contribution in [2.75, 3.05) is 38.6 Å². The lowest BCUT2D eigenvalue weighted by Crippen LogP contribution is -2.29. The standard InChI is InChI=1S/C13H22ClN5O/c1-9(2)20-13-16-11(14)15-12(17-13)19(4)8-10-5-6-18(3)7-10/h9-10H,5-8H2,1-4H3. The van der Waals surface area contributed by atoms with E-state index in [0.717, 1.165) is 19.6 Å². The average Bonchev–Trinajstić information content (AvgIpc) is 2.73. The van der Waals surface area contributed by atoms with Gasteiger partial charge in [0.25, 0.3) is 0 Å². The highest BCUT2D eigenvalue weighted by atomic mass is 35.5. The molecule has 6 nitrogen and oxygen atoms in total. The number of likely N-dealkylation sites (tertiary alicyclic amines) is 1. The van der Waals surface area contributed by atoms with E-state index in [0.29, 0.717) is 11.9 Å². The lowest BCUT2D eigenvalue weighted by Gasteiger charge is -2.21. The first kappa shape index (κ1) is 15.3. The lowest BCUT2D eigenvalue weighted by molar-refractivity contribution is 0.221. The van der Waals surface area contributed by atoms with Gasteiger partial charge < -0.3 is 14.5 Å². The van der Waals surface area contributed by atoms with Gasteiger partial charge in [0.2, 0.25) is 11.2 Å². The third-order valence-electron chi connectivity index (χ3n) is 3.28. The molecule has 1 atom stereocenters. The molecule has 20 heavy (non-hydrogen) atoms. The van der Waals surface area contributed by atoms with E-state index in [1.54, 1.807) is 0 Å². The van der Waals surface area contributed by atoms with Crippen LogP contribution in [0.2, 0.25) is 5.28 Å². The topological polar surface area (TPSA) is 54.4 Å². The first-order chi connectivity index (χ1) is 9.44. The van der Waals surface area contributed by atoms with Crippen LogP contribution in [0.15, 0.2) is 0 Å². The first-order valence-corrected chi connectivity index (χ1v) is 7.29. The van der Waals surface area contributed by atoms with Gasteiger partial charge in [0.15, 0.2) is 0 Å². The molecular formula is C13H22ClN5O. The van der Waals surface area contributed by atoms with Crippen molar-refractivity contribution in [2.24, 2.45) is 5.92 Å². The van der Waals surface area contributed by atoms with Crippen LogP contribution in [0.5, 0.6) is 6.01 Å². The molecule has 2 heterocycles. The fourth-order valence-corrected chi connectivity index (χ4v) is 2.55. The Kier molecular flexibility index (Phi) is 4.99. The monoisotopic (exact) mass is 299 g/mol. The summed E-state index contributed by atoms with van der Waals surface area (Å²) in [4.78, 5) is 16.8. The molecule has 0 aliphatic carbocycles. The summed E-state index contributed by atoms with van der Waals surface area (Å²) in [5.74, 6) is 1.20. The summed E-state index contributed by atoms with van der Waals surface area (Å²) < 4.78 is 5.49. The minimum absolute atomic E-state index is 0.00936. The minimum Gasteiger partial charge on any atom is -0.461 e.